The number of benzene rings is 2. The van der Waals surface area contributed by atoms with Gasteiger partial charge in [0.2, 0.25) is 0 Å². The maximum Gasteiger partial charge on any atom is 0.255 e. The van der Waals surface area contributed by atoms with Crippen molar-refractivity contribution in [2.75, 3.05) is 7.11 Å². The van der Waals surface area contributed by atoms with Crippen LogP contribution in [0.4, 0.5) is 4.39 Å². The van der Waals surface area contributed by atoms with Gasteiger partial charge in [-0.2, -0.15) is 0 Å². The Balaban J connectivity index is 1.69. The first-order valence-corrected chi connectivity index (χ1v) is 7.78. The molecule has 1 aromatic heterocycles. The molecule has 1 amide bonds. The van der Waals surface area contributed by atoms with Crippen molar-refractivity contribution in [3.63, 3.8) is 0 Å². The van der Waals surface area contributed by atoms with Crippen molar-refractivity contribution in [1.29, 1.82) is 0 Å². The fourth-order valence-corrected chi connectivity index (χ4v) is 2.44. The lowest BCUT2D eigenvalue weighted by atomic mass is 10.1. The summed E-state index contributed by atoms with van der Waals surface area (Å²) in [4.78, 5) is 12.3. The van der Waals surface area contributed by atoms with Crippen LogP contribution < -0.4 is 10.1 Å². The number of hydrogen-bond acceptors (Lipinski definition) is 4. The summed E-state index contributed by atoms with van der Waals surface area (Å²) in [5, 5.41) is 7.07. The van der Waals surface area contributed by atoms with Crippen LogP contribution in [-0.4, -0.2) is 18.2 Å². The van der Waals surface area contributed by atoms with Crippen molar-refractivity contribution in [2.45, 2.75) is 6.54 Å². The summed E-state index contributed by atoms with van der Waals surface area (Å²) in [6, 6.07) is 12.3. The number of rotatable bonds is 5. The highest BCUT2D eigenvalue weighted by Crippen LogP contribution is 2.23. The molecule has 0 aliphatic heterocycles. The number of aromatic nitrogens is 1. The van der Waals surface area contributed by atoms with E-state index in [4.69, 9.17) is 20.9 Å². The third-order valence-corrected chi connectivity index (χ3v) is 3.76. The van der Waals surface area contributed by atoms with Crippen molar-refractivity contribution in [3.8, 4) is 17.1 Å². The SMILES string of the molecule is COc1ccc(Cl)cc1C(=O)NCc1cc(-c2ccc(F)cc2)on1. The largest absolute Gasteiger partial charge is 0.496 e. The van der Waals surface area contributed by atoms with Gasteiger partial charge in [0.15, 0.2) is 5.76 Å². The van der Waals surface area contributed by atoms with Gasteiger partial charge in [0.25, 0.3) is 5.91 Å². The summed E-state index contributed by atoms with van der Waals surface area (Å²) in [6.07, 6.45) is 0. The minimum absolute atomic E-state index is 0.166. The molecule has 0 saturated carbocycles. The predicted molar refractivity (Wildman–Crippen MR) is 91.1 cm³/mol. The normalized spacial score (nSPS) is 10.5. The molecule has 0 spiro atoms. The van der Waals surface area contributed by atoms with Gasteiger partial charge < -0.3 is 14.6 Å². The molecule has 0 bridgehead atoms. The van der Waals surface area contributed by atoms with E-state index < -0.39 is 0 Å². The van der Waals surface area contributed by atoms with E-state index in [1.165, 1.54) is 25.3 Å². The quantitative estimate of drug-likeness (QED) is 0.744. The van der Waals surface area contributed by atoms with Crippen LogP contribution in [0.5, 0.6) is 5.75 Å². The van der Waals surface area contributed by atoms with Crippen LogP contribution in [0.1, 0.15) is 16.1 Å². The number of methoxy groups -OCH3 is 1. The number of amides is 1. The molecule has 7 heteroatoms. The lowest BCUT2D eigenvalue weighted by Crippen LogP contribution is -2.23. The number of carbonyl (C=O) groups excluding carboxylic acids is 1. The Labute approximate surface area is 148 Å². The zero-order valence-electron chi connectivity index (χ0n) is 13.3. The molecule has 1 heterocycles. The van der Waals surface area contributed by atoms with E-state index in [0.717, 1.165) is 0 Å². The van der Waals surface area contributed by atoms with Crippen LogP contribution in [0.2, 0.25) is 5.02 Å². The number of halogens is 2. The molecule has 25 heavy (non-hydrogen) atoms. The average Bonchev–Trinajstić information content (AvgIpc) is 3.09. The summed E-state index contributed by atoms with van der Waals surface area (Å²) in [6.45, 7) is 0.166. The highest BCUT2D eigenvalue weighted by Gasteiger charge is 2.14. The van der Waals surface area contributed by atoms with Crippen molar-refractivity contribution in [3.05, 3.63) is 70.6 Å². The monoisotopic (exact) mass is 360 g/mol. The zero-order chi connectivity index (χ0) is 17.8. The second-order valence-corrected chi connectivity index (χ2v) is 5.65. The zero-order valence-corrected chi connectivity index (χ0v) is 14.0. The second kappa shape index (κ2) is 7.36. The van der Waals surface area contributed by atoms with Gasteiger partial charge in [-0.15, -0.1) is 0 Å². The molecule has 0 radical (unpaired) electrons. The van der Waals surface area contributed by atoms with Gasteiger partial charge >= 0.3 is 0 Å². The van der Waals surface area contributed by atoms with E-state index in [0.29, 0.717) is 33.4 Å². The Morgan fingerprint density at radius 3 is 2.72 bits per heavy atom. The van der Waals surface area contributed by atoms with Crippen molar-refractivity contribution in [2.24, 2.45) is 0 Å². The molecule has 3 aromatic rings. The van der Waals surface area contributed by atoms with Crippen molar-refractivity contribution < 1.29 is 18.4 Å². The molecule has 1 N–H and O–H groups in total. The lowest BCUT2D eigenvalue weighted by Gasteiger charge is -2.08. The Hall–Kier alpha value is -2.86. The van der Waals surface area contributed by atoms with Gasteiger partial charge in [-0.3, -0.25) is 4.79 Å². The number of carbonyl (C=O) groups is 1. The standard InChI is InChI=1S/C18H14ClFN2O3/c1-24-16-7-4-12(19)8-15(16)18(23)21-10-14-9-17(25-22-14)11-2-5-13(20)6-3-11/h2-9H,10H2,1H3,(H,21,23). The molecule has 2 aromatic carbocycles. The minimum Gasteiger partial charge on any atom is -0.496 e. The topological polar surface area (TPSA) is 64.4 Å². The van der Waals surface area contributed by atoms with E-state index in [9.17, 15) is 9.18 Å². The Bertz CT molecular complexity index is 894. The Morgan fingerprint density at radius 2 is 2.00 bits per heavy atom. The van der Waals surface area contributed by atoms with Crippen LogP contribution in [-0.2, 0) is 6.54 Å². The van der Waals surface area contributed by atoms with Gasteiger partial charge in [-0.05, 0) is 42.5 Å². The molecular weight excluding hydrogens is 347 g/mol. The van der Waals surface area contributed by atoms with E-state index >= 15 is 0 Å². The molecule has 128 valence electrons. The first-order valence-electron chi connectivity index (χ1n) is 7.40. The van der Waals surface area contributed by atoms with Gasteiger partial charge in [0.05, 0.1) is 19.2 Å². The molecule has 0 fully saturated rings. The first kappa shape index (κ1) is 17.0. The van der Waals surface area contributed by atoms with Gasteiger partial charge in [-0.25, -0.2) is 4.39 Å². The smallest absolute Gasteiger partial charge is 0.255 e. The molecule has 3 rings (SSSR count). The maximum atomic E-state index is 13.0. The molecule has 0 aliphatic rings. The van der Waals surface area contributed by atoms with E-state index in [1.807, 2.05) is 0 Å². The summed E-state index contributed by atoms with van der Waals surface area (Å²) >= 11 is 5.93. The number of ether oxygens (including phenoxy) is 1. The third-order valence-electron chi connectivity index (χ3n) is 3.52. The molecule has 0 unspecified atom stereocenters. The lowest BCUT2D eigenvalue weighted by molar-refractivity contribution is 0.0947. The fourth-order valence-electron chi connectivity index (χ4n) is 2.27. The molecule has 5 nitrogen and oxygen atoms in total. The van der Waals surface area contributed by atoms with Crippen molar-refractivity contribution >= 4 is 17.5 Å². The maximum absolute atomic E-state index is 13.0. The molecule has 0 atom stereocenters. The third kappa shape index (κ3) is 3.97. The van der Waals surface area contributed by atoms with Crippen LogP contribution in [0, 0.1) is 5.82 Å². The molecular formula is C18H14ClFN2O3. The van der Waals surface area contributed by atoms with E-state index in [-0.39, 0.29) is 18.3 Å². The summed E-state index contributed by atoms with van der Waals surface area (Å²) in [7, 11) is 1.48. The second-order valence-electron chi connectivity index (χ2n) is 5.22. The number of hydrogen-bond donors (Lipinski definition) is 1. The predicted octanol–water partition coefficient (Wildman–Crippen LogP) is 4.07. The first-order chi connectivity index (χ1) is 12.1. The van der Waals surface area contributed by atoms with Crippen LogP contribution in [0.3, 0.4) is 0 Å². The van der Waals surface area contributed by atoms with Gasteiger partial charge in [-0.1, -0.05) is 16.8 Å². The Kier molecular flexibility index (Phi) is 5.00. The fraction of sp³-hybridized carbons (Fsp3) is 0.111. The van der Waals surface area contributed by atoms with Gasteiger partial charge in [0, 0.05) is 16.7 Å². The Morgan fingerprint density at radius 1 is 1.24 bits per heavy atom. The van der Waals surface area contributed by atoms with Gasteiger partial charge in [0.1, 0.15) is 17.3 Å². The van der Waals surface area contributed by atoms with Crippen LogP contribution >= 0.6 is 11.6 Å². The highest BCUT2D eigenvalue weighted by molar-refractivity contribution is 6.31. The van der Waals surface area contributed by atoms with E-state index in [2.05, 4.69) is 10.5 Å². The molecule has 0 aliphatic carbocycles. The summed E-state index contributed by atoms with van der Waals surface area (Å²) < 4.78 is 23.3. The number of nitrogens with one attached hydrogen (secondary N) is 1. The van der Waals surface area contributed by atoms with E-state index in [1.54, 1.807) is 30.3 Å². The van der Waals surface area contributed by atoms with Crippen LogP contribution in [0.15, 0.2) is 53.1 Å². The van der Waals surface area contributed by atoms with Crippen LogP contribution in [0.25, 0.3) is 11.3 Å². The summed E-state index contributed by atoms with van der Waals surface area (Å²) in [5.74, 6) is 0.246. The molecule has 0 saturated heterocycles. The minimum atomic E-state index is -0.342. The number of nitrogens with zero attached hydrogens (tertiary/aromatic N) is 1. The average molecular weight is 361 g/mol. The van der Waals surface area contributed by atoms with Crippen molar-refractivity contribution in [1.82, 2.24) is 10.5 Å². The summed E-state index contributed by atoms with van der Waals surface area (Å²) in [5.41, 5.74) is 1.56. The highest BCUT2D eigenvalue weighted by atomic mass is 35.5.